The van der Waals surface area contributed by atoms with Crippen LogP contribution in [-0.4, -0.2) is 69.5 Å². The standard InChI is InChI=1S/C19H33N7O/c1-4-21-18(22-13-15-14-25-8-6-5-7-16(25)23-15)24-9-11-26(12-10-24)19(2,3)17(20)27/h14H,4-13H2,1-3H3,(H2,20,27)(H,21,22). The molecule has 0 spiro atoms. The Labute approximate surface area is 161 Å². The van der Waals surface area contributed by atoms with Crippen molar-refractivity contribution in [2.75, 3.05) is 32.7 Å². The van der Waals surface area contributed by atoms with Crippen LogP contribution in [0.2, 0.25) is 0 Å². The van der Waals surface area contributed by atoms with Gasteiger partial charge in [-0.2, -0.15) is 0 Å². The lowest BCUT2D eigenvalue weighted by atomic mass is 10.0. The maximum atomic E-state index is 11.7. The Kier molecular flexibility index (Phi) is 6.04. The summed E-state index contributed by atoms with van der Waals surface area (Å²) in [6.07, 6.45) is 5.69. The minimum Gasteiger partial charge on any atom is -0.368 e. The van der Waals surface area contributed by atoms with Crippen LogP contribution in [0.3, 0.4) is 0 Å². The molecule has 0 bridgehead atoms. The Balaban J connectivity index is 1.63. The number of hydrogen-bond donors (Lipinski definition) is 2. The molecule has 150 valence electrons. The summed E-state index contributed by atoms with van der Waals surface area (Å²) in [5.41, 5.74) is 5.98. The van der Waals surface area contributed by atoms with E-state index in [1.54, 1.807) is 0 Å². The van der Waals surface area contributed by atoms with E-state index >= 15 is 0 Å². The van der Waals surface area contributed by atoms with Crippen LogP contribution in [0.4, 0.5) is 0 Å². The SMILES string of the molecule is CCNC(=NCc1cn2c(n1)CCCC2)N1CCN(C(C)(C)C(N)=O)CC1. The Bertz CT molecular complexity index is 663. The van der Waals surface area contributed by atoms with E-state index in [9.17, 15) is 4.79 Å². The third-order valence-corrected chi connectivity index (χ3v) is 5.66. The van der Waals surface area contributed by atoms with Gasteiger partial charge in [-0.15, -0.1) is 0 Å². The van der Waals surface area contributed by atoms with Gasteiger partial charge in [-0.05, 0) is 33.6 Å². The van der Waals surface area contributed by atoms with Crippen LogP contribution in [0.15, 0.2) is 11.2 Å². The number of rotatable bonds is 5. The lowest BCUT2D eigenvalue weighted by molar-refractivity contribution is -0.129. The highest BCUT2D eigenvalue weighted by Crippen LogP contribution is 2.17. The molecule has 1 aromatic heterocycles. The van der Waals surface area contributed by atoms with Crippen molar-refractivity contribution in [2.24, 2.45) is 10.7 Å². The number of imidazole rings is 1. The molecule has 0 saturated carbocycles. The Morgan fingerprint density at radius 3 is 2.63 bits per heavy atom. The van der Waals surface area contributed by atoms with E-state index in [0.717, 1.165) is 57.3 Å². The number of amides is 1. The van der Waals surface area contributed by atoms with Gasteiger partial charge < -0.3 is 20.5 Å². The first-order chi connectivity index (χ1) is 12.9. The second-order valence-electron chi connectivity index (χ2n) is 7.87. The van der Waals surface area contributed by atoms with E-state index in [2.05, 4.69) is 32.8 Å². The summed E-state index contributed by atoms with van der Waals surface area (Å²) in [5.74, 6) is 1.83. The first-order valence-electron chi connectivity index (χ1n) is 10.0. The van der Waals surface area contributed by atoms with Gasteiger partial charge in [0.1, 0.15) is 5.82 Å². The topological polar surface area (TPSA) is 91.8 Å². The number of primary amides is 1. The van der Waals surface area contributed by atoms with Gasteiger partial charge in [-0.25, -0.2) is 9.98 Å². The molecule has 8 heteroatoms. The average Bonchev–Trinajstić information content (AvgIpc) is 3.08. The molecule has 3 N–H and O–H groups in total. The first kappa shape index (κ1) is 19.7. The van der Waals surface area contributed by atoms with E-state index < -0.39 is 5.54 Å². The van der Waals surface area contributed by atoms with E-state index in [0.29, 0.717) is 6.54 Å². The van der Waals surface area contributed by atoms with Crippen molar-refractivity contribution in [1.82, 2.24) is 24.7 Å². The summed E-state index contributed by atoms with van der Waals surface area (Å²) in [7, 11) is 0. The number of nitrogens with two attached hydrogens (primary N) is 1. The molecular weight excluding hydrogens is 342 g/mol. The normalized spacial score (nSPS) is 19.1. The summed E-state index contributed by atoms with van der Waals surface area (Å²) in [4.78, 5) is 25.7. The maximum Gasteiger partial charge on any atom is 0.237 e. The van der Waals surface area contributed by atoms with Crippen LogP contribution < -0.4 is 11.1 Å². The summed E-state index contributed by atoms with van der Waals surface area (Å²) >= 11 is 0. The fraction of sp³-hybridized carbons (Fsp3) is 0.737. The van der Waals surface area contributed by atoms with Gasteiger partial charge in [0.15, 0.2) is 5.96 Å². The van der Waals surface area contributed by atoms with Crippen LogP contribution >= 0.6 is 0 Å². The number of hydrogen-bond acceptors (Lipinski definition) is 4. The van der Waals surface area contributed by atoms with Crippen LogP contribution in [0.5, 0.6) is 0 Å². The molecule has 1 amide bonds. The Morgan fingerprint density at radius 2 is 2.00 bits per heavy atom. The molecule has 0 radical (unpaired) electrons. The smallest absolute Gasteiger partial charge is 0.237 e. The second-order valence-corrected chi connectivity index (χ2v) is 7.87. The van der Waals surface area contributed by atoms with Gasteiger partial charge in [-0.1, -0.05) is 0 Å². The van der Waals surface area contributed by atoms with E-state index in [1.165, 1.54) is 18.7 Å². The predicted molar refractivity (Wildman–Crippen MR) is 106 cm³/mol. The summed E-state index contributed by atoms with van der Waals surface area (Å²) in [6, 6.07) is 0. The van der Waals surface area contributed by atoms with Gasteiger partial charge in [0.2, 0.25) is 5.91 Å². The van der Waals surface area contributed by atoms with Gasteiger partial charge in [-0.3, -0.25) is 9.69 Å². The molecule has 0 aliphatic carbocycles. The number of carbonyl (C=O) groups excluding carboxylic acids is 1. The Morgan fingerprint density at radius 1 is 1.26 bits per heavy atom. The molecule has 8 nitrogen and oxygen atoms in total. The third kappa shape index (κ3) is 4.43. The molecule has 2 aliphatic heterocycles. The fourth-order valence-electron chi connectivity index (χ4n) is 3.76. The van der Waals surface area contributed by atoms with Crippen molar-refractivity contribution in [3.63, 3.8) is 0 Å². The number of nitrogens with zero attached hydrogens (tertiary/aromatic N) is 5. The minimum atomic E-state index is -0.614. The van der Waals surface area contributed by atoms with Crippen LogP contribution in [0.1, 0.15) is 45.1 Å². The Hall–Kier alpha value is -2.09. The number of piperazine rings is 1. The molecule has 0 unspecified atom stereocenters. The molecule has 3 heterocycles. The maximum absolute atomic E-state index is 11.7. The highest BCUT2D eigenvalue weighted by atomic mass is 16.1. The van der Waals surface area contributed by atoms with E-state index in [-0.39, 0.29) is 5.91 Å². The highest BCUT2D eigenvalue weighted by Gasteiger charge is 2.35. The van der Waals surface area contributed by atoms with E-state index in [4.69, 9.17) is 15.7 Å². The second kappa shape index (κ2) is 8.29. The molecule has 3 rings (SSSR count). The molecule has 1 aromatic rings. The number of nitrogens with one attached hydrogen (secondary N) is 1. The zero-order valence-corrected chi connectivity index (χ0v) is 16.9. The van der Waals surface area contributed by atoms with Crippen molar-refractivity contribution in [1.29, 1.82) is 0 Å². The van der Waals surface area contributed by atoms with Crippen molar-refractivity contribution in [2.45, 2.75) is 58.7 Å². The summed E-state index contributed by atoms with van der Waals surface area (Å²) < 4.78 is 2.27. The van der Waals surface area contributed by atoms with Crippen molar-refractivity contribution < 1.29 is 4.79 Å². The minimum absolute atomic E-state index is 0.278. The van der Waals surface area contributed by atoms with E-state index in [1.807, 2.05) is 13.8 Å². The molecule has 27 heavy (non-hydrogen) atoms. The fourth-order valence-corrected chi connectivity index (χ4v) is 3.76. The van der Waals surface area contributed by atoms with Crippen molar-refractivity contribution >= 4 is 11.9 Å². The van der Waals surface area contributed by atoms with Gasteiger partial charge in [0.25, 0.3) is 0 Å². The number of aliphatic imine (C=N–C) groups is 1. The van der Waals surface area contributed by atoms with Gasteiger partial charge in [0, 0.05) is 51.9 Å². The largest absolute Gasteiger partial charge is 0.368 e. The monoisotopic (exact) mass is 375 g/mol. The predicted octanol–water partition coefficient (Wildman–Crippen LogP) is 0.566. The summed E-state index contributed by atoms with van der Waals surface area (Å²) in [5, 5.41) is 3.39. The van der Waals surface area contributed by atoms with Crippen molar-refractivity contribution in [3.8, 4) is 0 Å². The quantitative estimate of drug-likeness (QED) is 0.580. The lowest BCUT2D eigenvalue weighted by Gasteiger charge is -2.43. The third-order valence-electron chi connectivity index (χ3n) is 5.66. The number of aromatic nitrogens is 2. The number of carbonyl (C=O) groups is 1. The number of aryl methyl sites for hydroxylation is 2. The van der Waals surface area contributed by atoms with Gasteiger partial charge in [0.05, 0.1) is 17.8 Å². The lowest BCUT2D eigenvalue weighted by Crippen LogP contribution is -2.61. The highest BCUT2D eigenvalue weighted by molar-refractivity contribution is 5.84. The van der Waals surface area contributed by atoms with Crippen LogP contribution in [0, 0.1) is 0 Å². The molecule has 1 saturated heterocycles. The molecule has 2 aliphatic rings. The number of fused-ring (bicyclic) bond motifs is 1. The summed E-state index contributed by atoms with van der Waals surface area (Å²) in [6.45, 7) is 11.6. The van der Waals surface area contributed by atoms with Crippen molar-refractivity contribution in [3.05, 3.63) is 17.7 Å². The zero-order valence-electron chi connectivity index (χ0n) is 16.9. The van der Waals surface area contributed by atoms with Gasteiger partial charge >= 0.3 is 0 Å². The number of guanidine groups is 1. The molecule has 1 fully saturated rings. The first-order valence-corrected chi connectivity index (χ1v) is 10.0. The molecular formula is C19H33N7O. The van der Waals surface area contributed by atoms with Crippen LogP contribution in [-0.2, 0) is 24.3 Å². The van der Waals surface area contributed by atoms with Crippen LogP contribution in [0.25, 0.3) is 0 Å². The molecule has 0 aromatic carbocycles. The zero-order chi connectivity index (χ0) is 19.4. The average molecular weight is 376 g/mol. The molecule has 0 atom stereocenters.